The number of carbonyl (C=O) groups is 3. The topological polar surface area (TPSA) is 227 Å². The van der Waals surface area contributed by atoms with Crippen molar-refractivity contribution in [2.45, 2.75) is 37.6 Å². The van der Waals surface area contributed by atoms with E-state index in [-0.39, 0.29) is 11.7 Å². The summed E-state index contributed by atoms with van der Waals surface area (Å²) in [7, 11) is 0. The summed E-state index contributed by atoms with van der Waals surface area (Å²) >= 11 is 0. The monoisotopic (exact) mass is 360 g/mol. The number of aliphatic carboxylic acids is 1. The molecule has 1 heterocycles. The summed E-state index contributed by atoms with van der Waals surface area (Å²) in [5.74, 6) is -2.52. The van der Waals surface area contributed by atoms with Gasteiger partial charge in [-0.1, -0.05) is 5.16 Å². The Morgan fingerprint density at radius 3 is 2.44 bits per heavy atom. The van der Waals surface area contributed by atoms with E-state index in [0.29, 0.717) is 0 Å². The van der Waals surface area contributed by atoms with Gasteiger partial charge in [-0.05, 0) is 6.92 Å². The Bertz CT molecular complexity index is 619. The standard InChI is InChI=1S/C12H20N6O7/c1-4(20)8(11(22)23)16-12(24)15-6(2-7(14)21)10-17-9(18-25-10)5(13)3-19/h4-6,8,19-20H,2-3,13H2,1H3,(H2,14,21)(H,22,23)(H2,15,16,24). The van der Waals surface area contributed by atoms with Crippen molar-refractivity contribution < 1.29 is 34.2 Å². The van der Waals surface area contributed by atoms with E-state index < -0.39 is 55.2 Å². The molecule has 9 N–H and O–H groups in total. The van der Waals surface area contributed by atoms with Gasteiger partial charge in [0.2, 0.25) is 11.8 Å². The zero-order valence-electron chi connectivity index (χ0n) is 13.2. The van der Waals surface area contributed by atoms with Crippen molar-refractivity contribution in [2.24, 2.45) is 11.5 Å². The van der Waals surface area contributed by atoms with E-state index in [0.717, 1.165) is 0 Å². The van der Waals surface area contributed by atoms with Crippen LogP contribution in [-0.2, 0) is 9.59 Å². The van der Waals surface area contributed by atoms with Gasteiger partial charge in [-0.3, -0.25) is 4.79 Å². The predicted molar refractivity (Wildman–Crippen MR) is 79.6 cm³/mol. The summed E-state index contributed by atoms with van der Waals surface area (Å²) in [5, 5.41) is 35.0. The number of aromatic nitrogens is 2. The molecule has 0 aliphatic carbocycles. The van der Waals surface area contributed by atoms with Crippen LogP contribution in [0.5, 0.6) is 0 Å². The summed E-state index contributed by atoms with van der Waals surface area (Å²) in [6.45, 7) is 0.725. The highest BCUT2D eigenvalue weighted by Gasteiger charge is 2.29. The summed E-state index contributed by atoms with van der Waals surface area (Å²) in [6.07, 6.45) is -1.79. The summed E-state index contributed by atoms with van der Waals surface area (Å²) in [5.41, 5.74) is 10.6. The van der Waals surface area contributed by atoms with E-state index in [1.54, 1.807) is 0 Å². The van der Waals surface area contributed by atoms with Crippen molar-refractivity contribution in [3.8, 4) is 0 Å². The van der Waals surface area contributed by atoms with E-state index >= 15 is 0 Å². The molecule has 4 atom stereocenters. The Kier molecular flexibility index (Phi) is 7.22. The van der Waals surface area contributed by atoms with Crippen molar-refractivity contribution in [3.05, 3.63) is 11.7 Å². The van der Waals surface area contributed by atoms with Gasteiger partial charge >= 0.3 is 12.0 Å². The first-order chi connectivity index (χ1) is 11.6. The van der Waals surface area contributed by atoms with Crippen LogP contribution in [0.15, 0.2) is 4.52 Å². The van der Waals surface area contributed by atoms with Crippen LogP contribution in [0, 0.1) is 0 Å². The fraction of sp³-hybridized carbons (Fsp3) is 0.583. The van der Waals surface area contributed by atoms with Crippen molar-refractivity contribution in [2.75, 3.05) is 6.61 Å². The van der Waals surface area contributed by atoms with Gasteiger partial charge in [0.05, 0.1) is 25.2 Å². The van der Waals surface area contributed by atoms with Gasteiger partial charge < -0.3 is 41.9 Å². The maximum atomic E-state index is 11.9. The molecule has 0 radical (unpaired) electrons. The van der Waals surface area contributed by atoms with E-state index in [2.05, 4.69) is 15.5 Å². The number of aliphatic hydroxyl groups is 2. The number of nitrogens with zero attached hydrogens (tertiary/aromatic N) is 2. The second-order valence-corrected chi connectivity index (χ2v) is 5.18. The SMILES string of the molecule is CC(O)C(NC(=O)NC(CC(N)=O)c1nc(C(N)CO)no1)C(=O)O. The van der Waals surface area contributed by atoms with Crippen molar-refractivity contribution >= 4 is 17.9 Å². The molecule has 0 aromatic carbocycles. The number of carboxylic acid groups (broad SMARTS) is 1. The Morgan fingerprint density at radius 1 is 1.32 bits per heavy atom. The molecule has 0 fully saturated rings. The molecule has 0 aliphatic heterocycles. The van der Waals surface area contributed by atoms with Crippen molar-refractivity contribution in [1.29, 1.82) is 0 Å². The fourth-order valence-electron chi connectivity index (χ4n) is 1.75. The predicted octanol–water partition coefficient (Wildman–Crippen LogP) is -2.89. The number of rotatable bonds is 9. The number of nitrogens with two attached hydrogens (primary N) is 2. The molecular weight excluding hydrogens is 340 g/mol. The molecular formula is C12H20N6O7. The summed E-state index contributed by atoms with van der Waals surface area (Å²) < 4.78 is 4.88. The van der Waals surface area contributed by atoms with Crippen LogP contribution in [0.25, 0.3) is 0 Å². The average Bonchev–Trinajstić information content (AvgIpc) is 3.00. The highest BCUT2D eigenvalue weighted by Crippen LogP contribution is 2.16. The van der Waals surface area contributed by atoms with Gasteiger partial charge in [-0.2, -0.15) is 4.98 Å². The average molecular weight is 360 g/mol. The smallest absolute Gasteiger partial charge is 0.328 e. The Labute approximate surface area is 141 Å². The van der Waals surface area contributed by atoms with Crippen LogP contribution < -0.4 is 22.1 Å². The Hall–Kier alpha value is -2.77. The summed E-state index contributed by atoms with van der Waals surface area (Å²) in [4.78, 5) is 37.9. The minimum atomic E-state index is -1.57. The first kappa shape index (κ1) is 20.3. The minimum absolute atomic E-state index is 0.0541. The first-order valence-corrected chi connectivity index (χ1v) is 7.11. The number of carboxylic acids is 1. The van der Waals surface area contributed by atoms with Crippen molar-refractivity contribution in [1.82, 2.24) is 20.8 Å². The molecule has 13 nitrogen and oxygen atoms in total. The number of primary amides is 1. The molecule has 0 bridgehead atoms. The molecule has 25 heavy (non-hydrogen) atoms. The number of hydrogen-bond donors (Lipinski definition) is 7. The fourth-order valence-corrected chi connectivity index (χ4v) is 1.75. The zero-order valence-corrected chi connectivity index (χ0v) is 13.2. The molecule has 1 aromatic rings. The lowest BCUT2D eigenvalue weighted by Crippen LogP contribution is -2.52. The Morgan fingerprint density at radius 2 is 1.96 bits per heavy atom. The van der Waals surface area contributed by atoms with Crippen molar-refractivity contribution in [3.63, 3.8) is 0 Å². The van der Waals surface area contributed by atoms with E-state index in [4.69, 9.17) is 26.2 Å². The van der Waals surface area contributed by atoms with Gasteiger partial charge in [-0.15, -0.1) is 0 Å². The molecule has 1 rings (SSSR count). The number of amides is 3. The lowest BCUT2D eigenvalue weighted by atomic mass is 10.2. The lowest BCUT2D eigenvalue weighted by Gasteiger charge is -2.19. The molecule has 1 aromatic heterocycles. The molecule has 140 valence electrons. The maximum Gasteiger partial charge on any atom is 0.328 e. The van der Waals surface area contributed by atoms with Crippen LogP contribution in [-0.4, -0.2) is 62.1 Å². The van der Waals surface area contributed by atoms with Crippen LogP contribution >= 0.6 is 0 Å². The second-order valence-electron chi connectivity index (χ2n) is 5.18. The third-order valence-corrected chi connectivity index (χ3v) is 3.03. The molecule has 0 aliphatic rings. The molecule has 0 saturated carbocycles. The van der Waals surface area contributed by atoms with Crippen LogP contribution in [0.1, 0.15) is 37.1 Å². The van der Waals surface area contributed by atoms with E-state index in [9.17, 15) is 19.5 Å². The second kappa shape index (κ2) is 8.91. The summed E-state index contributed by atoms with van der Waals surface area (Å²) in [6, 6.07) is -4.67. The number of carbonyl (C=O) groups excluding carboxylic acids is 2. The quantitative estimate of drug-likeness (QED) is 0.238. The van der Waals surface area contributed by atoms with Crippen LogP contribution in [0.2, 0.25) is 0 Å². The highest BCUT2D eigenvalue weighted by atomic mass is 16.5. The van der Waals surface area contributed by atoms with Gasteiger partial charge in [0.15, 0.2) is 11.9 Å². The first-order valence-electron chi connectivity index (χ1n) is 7.11. The Balaban J connectivity index is 2.89. The maximum absolute atomic E-state index is 11.9. The number of aliphatic hydroxyl groups excluding tert-OH is 2. The molecule has 0 saturated heterocycles. The third-order valence-electron chi connectivity index (χ3n) is 3.03. The highest BCUT2D eigenvalue weighted by molar-refractivity contribution is 5.83. The molecule has 3 amide bonds. The van der Waals surface area contributed by atoms with Gasteiger partial charge in [0, 0.05) is 0 Å². The number of hydrogen-bond acceptors (Lipinski definition) is 9. The van der Waals surface area contributed by atoms with E-state index in [1.165, 1.54) is 6.92 Å². The third kappa shape index (κ3) is 5.98. The van der Waals surface area contributed by atoms with Crippen LogP contribution in [0.4, 0.5) is 4.79 Å². The zero-order chi connectivity index (χ0) is 19.1. The normalized spacial score (nSPS) is 15.7. The molecule has 4 unspecified atom stereocenters. The van der Waals surface area contributed by atoms with Gasteiger partial charge in [0.1, 0.15) is 6.04 Å². The van der Waals surface area contributed by atoms with Gasteiger partial charge in [-0.25, -0.2) is 9.59 Å². The van der Waals surface area contributed by atoms with E-state index in [1.807, 2.05) is 5.32 Å². The largest absolute Gasteiger partial charge is 0.480 e. The van der Waals surface area contributed by atoms with Crippen LogP contribution in [0.3, 0.4) is 0 Å². The molecule has 13 heteroatoms. The lowest BCUT2D eigenvalue weighted by molar-refractivity contribution is -0.141. The number of urea groups is 1. The minimum Gasteiger partial charge on any atom is -0.480 e. The van der Waals surface area contributed by atoms with Gasteiger partial charge in [0.25, 0.3) is 0 Å². The molecule has 0 spiro atoms. The number of nitrogens with one attached hydrogen (secondary N) is 2.